The van der Waals surface area contributed by atoms with Crippen LogP contribution in [0.25, 0.3) is 5.69 Å². The van der Waals surface area contributed by atoms with Crippen LogP contribution in [0.5, 0.6) is 0 Å². The lowest BCUT2D eigenvalue weighted by Crippen LogP contribution is -1.93. The van der Waals surface area contributed by atoms with Gasteiger partial charge >= 0.3 is 0 Å². The highest BCUT2D eigenvalue weighted by atomic mass is 79.9. The lowest BCUT2D eigenvalue weighted by atomic mass is 10.3. The lowest BCUT2D eigenvalue weighted by molar-refractivity contribution is 0.609. The smallest absolute Gasteiger partial charge is 0.240 e. The molecule has 1 aromatic heterocycles. The Hall–Kier alpha value is -0.850. The molecule has 0 amide bonds. The minimum Gasteiger partial charge on any atom is -0.240 e. The molecule has 4 nitrogen and oxygen atoms in total. The number of aromatic nitrogens is 2. The van der Waals surface area contributed by atoms with Crippen molar-refractivity contribution in [3.8, 4) is 5.69 Å². The van der Waals surface area contributed by atoms with Gasteiger partial charge in [0.25, 0.3) is 9.05 Å². The van der Waals surface area contributed by atoms with E-state index in [1.807, 2.05) is 24.3 Å². The second kappa shape index (κ2) is 4.20. The average molecular weight is 322 g/mol. The van der Waals surface area contributed by atoms with Gasteiger partial charge in [-0.25, -0.2) is 13.1 Å². The van der Waals surface area contributed by atoms with Gasteiger partial charge in [-0.3, -0.25) is 0 Å². The van der Waals surface area contributed by atoms with Crippen molar-refractivity contribution in [2.45, 2.75) is 4.90 Å². The molecular weight excluding hydrogens is 316 g/mol. The third kappa shape index (κ3) is 2.45. The Morgan fingerprint density at radius 2 is 2.12 bits per heavy atom. The van der Waals surface area contributed by atoms with Gasteiger partial charge in [0.05, 0.1) is 18.1 Å². The Labute approximate surface area is 105 Å². The Kier molecular flexibility index (Phi) is 3.05. The summed E-state index contributed by atoms with van der Waals surface area (Å²) in [6.07, 6.45) is 2.58. The van der Waals surface area contributed by atoms with Crippen LogP contribution in [0.15, 0.2) is 46.0 Å². The van der Waals surface area contributed by atoms with Gasteiger partial charge in [0.2, 0.25) is 0 Å². The van der Waals surface area contributed by atoms with Crippen LogP contribution in [0.3, 0.4) is 0 Å². The molecule has 0 spiro atoms. The van der Waals surface area contributed by atoms with Gasteiger partial charge in [-0.1, -0.05) is 22.0 Å². The second-order valence-corrected chi connectivity index (χ2v) is 6.52. The van der Waals surface area contributed by atoms with Gasteiger partial charge in [-0.15, -0.1) is 0 Å². The van der Waals surface area contributed by atoms with Crippen LogP contribution in [-0.4, -0.2) is 18.2 Å². The lowest BCUT2D eigenvalue weighted by Gasteiger charge is -2.00. The van der Waals surface area contributed by atoms with Crippen molar-refractivity contribution in [3.05, 3.63) is 41.1 Å². The third-order valence-electron chi connectivity index (χ3n) is 1.91. The predicted octanol–water partition coefficient (Wildman–Crippen LogP) is 2.56. The molecule has 0 radical (unpaired) electrons. The molecule has 0 atom stereocenters. The van der Waals surface area contributed by atoms with Crippen molar-refractivity contribution in [2.24, 2.45) is 0 Å². The molecule has 0 bridgehead atoms. The summed E-state index contributed by atoms with van der Waals surface area (Å²) < 4.78 is 24.4. The van der Waals surface area contributed by atoms with Gasteiger partial charge in [0, 0.05) is 15.2 Å². The van der Waals surface area contributed by atoms with Gasteiger partial charge in [0.1, 0.15) is 4.90 Å². The SMILES string of the molecule is O=S(=O)(Cl)c1cnn(-c2cccc(Br)c2)c1. The first-order valence-electron chi connectivity index (χ1n) is 4.22. The largest absolute Gasteiger partial charge is 0.264 e. The highest BCUT2D eigenvalue weighted by Crippen LogP contribution is 2.18. The molecule has 0 N–H and O–H groups in total. The zero-order valence-electron chi connectivity index (χ0n) is 7.84. The fourth-order valence-corrected chi connectivity index (χ4v) is 2.22. The van der Waals surface area contributed by atoms with Gasteiger partial charge in [-0.2, -0.15) is 5.10 Å². The first-order valence-corrected chi connectivity index (χ1v) is 7.32. The molecule has 16 heavy (non-hydrogen) atoms. The number of halogens is 2. The molecule has 2 rings (SSSR count). The van der Waals surface area contributed by atoms with E-state index in [0.29, 0.717) is 0 Å². The third-order valence-corrected chi connectivity index (χ3v) is 3.71. The van der Waals surface area contributed by atoms with Crippen LogP contribution >= 0.6 is 26.6 Å². The van der Waals surface area contributed by atoms with E-state index >= 15 is 0 Å². The summed E-state index contributed by atoms with van der Waals surface area (Å²) in [5.41, 5.74) is 0.751. The van der Waals surface area contributed by atoms with E-state index in [1.165, 1.54) is 17.1 Å². The maximum atomic E-state index is 11.0. The second-order valence-electron chi connectivity index (χ2n) is 3.04. The molecule has 0 fully saturated rings. The molecular formula is C9H6BrClN2O2S. The summed E-state index contributed by atoms with van der Waals surface area (Å²) >= 11 is 3.32. The minimum atomic E-state index is -3.72. The highest BCUT2D eigenvalue weighted by Gasteiger charge is 2.13. The van der Waals surface area contributed by atoms with Crippen molar-refractivity contribution in [1.29, 1.82) is 0 Å². The summed E-state index contributed by atoms with van der Waals surface area (Å²) in [6.45, 7) is 0. The summed E-state index contributed by atoms with van der Waals surface area (Å²) in [6, 6.07) is 7.32. The van der Waals surface area contributed by atoms with E-state index in [1.54, 1.807) is 0 Å². The van der Waals surface area contributed by atoms with Crippen molar-refractivity contribution in [3.63, 3.8) is 0 Å². The summed E-state index contributed by atoms with van der Waals surface area (Å²) in [4.78, 5) is -0.0193. The Balaban J connectivity index is 2.47. The Morgan fingerprint density at radius 3 is 2.69 bits per heavy atom. The van der Waals surface area contributed by atoms with Gasteiger partial charge in [0.15, 0.2) is 0 Å². The van der Waals surface area contributed by atoms with Crippen LogP contribution in [0.1, 0.15) is 0 Å². The summed E-state index contributed by atoms with van der Waals surface area (Å²) in [5, 5.41) is 3.93. The maximum absolute atomic E-state index is 11.0. The van der Waals surface area contributed by atoms with E-state index in [-0.39, 0.29) is 4.90 Å². The first-order chi connectivity index (χ1) is 7.47. The van der Waals surface area contributed by atoms with Crippen molar-refractivity contribution in [2.75, 3.05) is 0 Å². The zero-order chi connectivity index (χ0) is 11.8. The molecule has 1 heterocycles. The minimum absolute atomic E-state index is 0.0193. The monoisotopic (exact) mass is 320 g/mol. The Bertz CT molecular complexity index is 624. The van der Waals surface area contributed by atoms with Crippen LogP contribution in [-0.2, 0) is 9.05 Å². The molecule has 0 saturated carbocycles. The molecule has 0 unspecified atom stereocenters. The van der Waals surface area contributed by atoms with E-state index in [2.05, 4.69) is 21.0 Å². The molecule has 0 aliphatic carbocycles. The topological polar surface area (TPSA) is 52.0 Å². The number of hydrogen-bond acceptors (Lipinski definition) is 3. The highest BCUT2D eigenvalue weighted by molar-refractivity contribution is 9.10. The molecule has 84 valence electrons. The average Bonchev–Trinajstić information content (AvgIpc) is 2.65. The molecule has 2 aromatic rings. The summed E-state index contributed by atoms with van der Waals surface area (Å²) in [7, 11) is 1.48. The van der Waals surface area contributed by atoms with Crippen LogP contribution in [0.2, 0.25) is 0 Å². The molecule has 0 aliphatic heterocycles. The number of nitrogens with zero attached hydrogens (tertiary/aromatic N) is 2. The van der Waals surface area contributed by atoms with Crippen LogP contribution in [0, 0.1) is 0 Å². The molecule has 7 heteroatoms. The van der Waals surface area contributed by atoms with E-state index in [0.717, 1.165) is 10.2 Å². The summed E-state index contributed by atoms with van der Waals surface area (Å²) in [5.74, 6) is 0. The molecule has 0 aliphatic rings. The van der Waals surface area contributed by atoms with Crippen LogP contribution in [0.4, 0.5) is 0 Å². The molecule has 0 saturated heterocycles. The zero-order valence-corrected chi connectivity index (χ0v) is 11.0. The number of rotatable bonds is 2. The predicted molar refractivity (Wildman–Crippen MR) is 64.3 cm³/mol. The maximum Gasteiger partial charge on any atom is 0.264 e. The van der Waals surface area contributed by atoms with Crippen molar-refractivity contribution >= 4 is 35.7 Å². The fraction of sp³-hybridized carbons (Fsp3) is 0. The van der Waals surface area contributed by atoms with Gasteiger partial charge in [-0.05, 0) is 18.2 Å². The number of hydrogen-bond donors (Lipinski definition) is 0. The van der Waals surface area contributed by atoms with Gasteiger partial charge < -0.3 is 0 Å². The van der Waals surface area contributed by atoms with E-state index in [9.17, 15) is 8.42 Å². The molecule has 1 aromatic carbocycles. The van der Waals surface area contributed by atoms with Crippen molar-refractivity contribution in [1.82, 2.24) is 9.78 Å². The van der Waals surface area contributed by atoms with E-state index in [4.69, 9.17) is 10.7 Å². The fourth-order valence-electron chi connectivity index (χ4n) is 1.19. The van der Waals surface area contributed by atoms with Crippen LogP contribution < -0.4 is 0 Å². The van der Waals surface area contributed by atoms with E-state index < -0.39 is 9.05 Å². The first kappa shape index (κ1) is 11.6. The Morgan fingerprint density at radius 1 is 1.38 bits per heavy atom. The number of benzene rings is 1. The quantitative estimate of drug-likeness (QED) is 0.799. The normalized spacial score (nSPS) is 11.6. The standard InChI is InChI=1S/C9H6BrClN2O2S/c10-7-2-1-3-8(4-7)13-6-9(5-12-13)16(11,14)15/h1-6H. The van der Waals surface area contributed by atoms with Crippen molar-refractivity contribution < 1.29 is 8.42 Å².